The van der Waals surface area contributed by atoms with Crippen LogP contribution < -0.4 is 5.32 Å². The summed E-state index contributed by atoms with van der Waals surface area (Å²) in [5, 5.41) is 17.3. The number of benzene rings is 1. The molecule has 0 spiro atoms. The van der Waals surface area contributed by atoms with Gasteiger partial charge in [0.1, 0.15) is 0 Å². The monoisotopic (exact) mass is 385 g/mol. The number of non-ortho nitro benzene ring substituents is 1. The number of nitrogens with one attached hydrogen (secondary N) is 1. The number of likely N-dealkylation sites (tertiary alicyclic amines) is 1. The molecule has 3 rings (SSSR count). The molecule has 140 valence electrons. The first-order chi connectivity index (χ1) is 13.0. The highest BCUT2D eigenvalue weighted by molar-refractivity contribution is 7.08. The van der Waals surface area contributed by atoms with Gasteiger partial charge in [0.2, 0.25) is 5.91 Å². The molecule has 8 heteroatoms. The van der Waals surface area contributed by atoms with Crippen molar-refractivity contribution in [2.24, 2.45) is 0 Å². The summed E-state index contributed by atoms with van der Waals surface area (Å²) in [7, 11) is 0. The van der Waals surface area contributed by atoms with E-state index in [1.807, 2.05) is 10.8 Å². The van der Waals surface area contributed by atoms with Gasteiger partial charge in [0.05, 0.1) is 4.92 Å². The van der Waals surface area contributed by atoms with E-state index in [2.05, 4.69) is 5.32 Å². The minimum Gasteiger partial charge on any atom is -0.349 e. The van der Waals surface area contributed by atoms with E-state index < -0.39 is 4.92 Å². The second-order valence-electron chi connectivity index (χ2n) is 6.27. The quantitative estimate of drug-likeness (QED) is 0.486. The van der Waals surface area contributed by atoms with Crippen LogP contribution in [-0.2, 0) is 4.79 Å². The van der Waals surface area contributed by atoms with Crippen molar-refractivity contribution in [2.45, 2.75) is 18.9 Å². The van der Waals surface area contributed by atoms with Crippen molar-refractivity contribution in [3.8, 4) is 0 Å². The van der Waals surface area contributed by atoms with Gasteiger partial charge in [-0.25, -0.2) is 0 Å². The molecule has 0 atom stereocenters. The number of nitro groups is 1. The van der Waals surface area contributed by atoms with Crippen LogP contribution in [0, 0.1) is 10.1 Å². The summed E-state index contributed by atoms with van der Waals surface area (Å²) in [4.78, 5) is 36.3. The number of rotatable bonds is 5. The summed E-state index contributed by atoms with van der Waals surface area (Å²) in [5.41, 5.74) is 1.42. The van der Waals surface area contributed by atoms with Crippen LogP contribution in [0.15, 0.2) is 47.2 Å². The summed E-state index contributed by atoms with van der Waals surface area (Å²) in [6.45, 7) is 1.16. The van der Waals surface area contributed by atoms with E-state index in [4.69, 9.17) is 0 Å². The average molecular weight is 385 g/mol. The molecule has 2 heterocycles. The summed E-state index contributed by atoms with van der Waals surface area (Å²) in [6, 6.07) is 7.89. The number of carbonyl (C=O) groups excluding carboxylic acids is 2. The van der Waals surface area contributed by atoms with Crippen molar-refractivity contribution in [1.82, 2.24) is 10.2 Å². The molecule has 0 saturated carbocycles. The van der Waals surface area contributed by atoms with Gasteiger partial charge in [0.25, 0.3) is 11.6 Å². The molecule has 0 aliphatic carbocycles. The Hall–Kier alpha value is -3.00. The van der Waals surface area contributed by atoms with Gasteiger partial charge in [-0.3, -0.25) is 19.7 Å². The maximum atomic E-state index is 12.3. The van der Waals surface area contributed by atoms with Gasteiger partial charge in [-0.15, -0.1) is 0 Å². The lowest BCUT2D eigenvalue weighted by Crippen LogP contribution is -2.46. The standard InChI is InChI=1S/C19H19N3O4S/c23-18(6-3-14-1-4-17(5-2-14)22(25)26)21-10-7-16(8-11-21)20-19(24)15-9-12-27-13-15/h1-6,9,12-13,16H,7-8,10-11H2,(H,20,24)/b6-3+. The Labute approximate surface area is 160 Å². The van der Waals surface area contributed by atoms with Gasteiger partial charge in [-0.1, -0.05) is 0 Å². The van der Waals surface area contributed by atoms with Gasteiger partial charge < -0.3 is 10.2 Å². The number of nitro benzene ring substituents is 1. The summed E-state index contributed by atoms with van der Waals surface area (Å²) >= 11 is 1.49. The first kappa shape index (κ1) is 18.8. The van der Waals surface area contributed by atoms with Crippen molar-refractivity contribution < 1.29 is 14.5 Å². The number of hydrogen-bond donors (Lipinski definition) is 1. The third-order valence-corrected chi connectivity index (χ3v) is 5.13. The lowest BCUT2D eigenvalue weighted by atomic mass is 10.0. The SMILES string of the molecule is O=C(NC1CCN(C(=O)/C=C/c2ccc([N+](=O)[O-])cc2)CC1)c1ccsc1. The van der Waals surface area contributed by atoms with Crippen LogP contribution in [-0.4, -0.2) is 40.8 Å². The molecule has 7 nitrogen and oxygen atoms in total. The minimum absolute atomic E-state index is 0.0186. The van der Waals surface area contributed by atoms with Crippen LogP contribution in [0.4, 0.5) is 5.69 Å². The highest BCUT2D eigenvalue weighted by atomic mass is 32.1. The fraction of sp³-hybridized carbons (Fsp3) is 0.263. The van der Waals surface area contributed by atoms with E-state index in [0.29, 0.717) is 31.5 Å². The predicted molar refractivity (Wildman–Crippen MR) is 104 cm³/mol. The van der Waals surface area contributed by atoms with E-state index in [-0.39, 0.29) is 23.5 Å². The van der Waals surface area contributed by atoms with Crippen LogP contribution in [0.3, 0.4) is 0 Å². The third kappa shape index (κ3) is 5.01. The van der Waals surface area contributed by atoms with Gasteiger partial charge in [0.15, 0.2) is 0 Å². The van der Waals surface area contributed by atoms with Gasteiger partial charge in [-0.05, 0) is 48.1 Å². The lowest BCUT2D eigenvalue weighted by Gasteiger charge is -2.31. The highest BCUT2D eigenvalue weighted by Gasteiger charge is 2.23. The number of amides is 2. The maximum Gasteiger partial charge on any atom is 0.269 e. The molecule has 27 heavy (non-hydrogen) atoms. The van der Waals surface area contributed by atoms with Crippen LogP contribution >= 0.6 is 11.3 Å². The Morgan fingerprint density at radius 2 is 1.89 bits per heavy atom. The Balaban J connectivity index is 1.48. The maximum absolute atomic E-state index is 12.3. The topological polar surface area (TPSA) is 92.6 Å². The third-order valence-electron chi connectivity index (χ3n) is 4.45. The van der Waals surface area contributed by atoms with Crippen LogP contribution in [0.1, 0.15) is 28.8 Å². The fourth-order valence-electron chi connectivity index (χ4n) is 2.89. The molecular formula is C19H19N3O4S. The Bertz CT molecular complexity index is 838. The molecular weight excluding hydrogens is 366 g/mol. The molecule has 2 amide bonds. The van der Waals surface area contributed by atoms with Crippen molar-refractivity contribution in [3.05, 3.63) is 68.4 Å². The highest BCUT2D eigenvalue weighted by Crippen LogP contribution is 2.15. The van der Waals surface area contributed by atoms with Crippen LogP contribution in [0.2, 0.25) is 0 Å². The Kier molecular flexibility index (Phi) is 5.97. The molecule has 2 aromatic rings. The molecule has 1 aliphatic rings. The number of carbonyl (C=O) groups is 2. The molecule has 0 radical (unpaired) electrons. The molecule has 1 aromatic heterocycles. The number of nitrogens with zero attached hydrogens (tertiary/aromatic N) is 2. The van der Waals surface area contributed by atoms with E-state index in [0.717, 1.165) is 5.56 Å². The number of hydrogen-bond acceptors (Lipinski definition) is 5. The largest absolute Gasteiger partial charge is 0.349 e. The Morgan fingerprint density at radius 1 is 1.19 bits per heavy atom. The molecule has 1 saturated heterocycles. The van der Waals surface area contributed by atoms with Gasteiger partial charge in [-0.2, -0.15) is 11.3 Å². The zero-order valence-electron chi connectivity index (χ0n) is 14.5. The lowest BCUT2D eigenvalue weighted by molar-refractivity contribution is -0.384. The van der Waals surface area contributed by atoms with Crippen molar-refractivity contribution in [3.63, 3.8) is 0 Å². The van der Waals surface area contributed by atoms with E-state index in [1.165, 1.54) is 29.5 Å². The molecule has 1 aliphatic heterocycles. The second-order valence-corrected chi connectivity index (χ2v) is 7.05. The Morgan fingerprint density at radius 3 is 2.48 bits per heavy atom. The molecule has 1 fully saturated rings. The van der Waals surface area contributed by atoms with E-state index in [1.54, 1.807) is 29.2 Å². The number of piperidine rings is 1. The smallest absolute Gasteiger partial charge is 0.269 e. The zero-order chi connectivity index (χ0) is 19.2. The normalized spacial score (nSPS) is 15.0. The first-order valence-corrected chi connectivity index (χ1v) is 9.52. The molecule has 0 unspecified atom stereocenters. The van der Waals surface area contributed by atoms with Crippen molar-refractivity contribution >= 4 is 34.9 Å². The fourth-order valence-corrected chi connectivity index (χ4v) is 3.52. The average Bonchev–Trinajstić information content (AvgIpc) is 3.22. The summed E-state index contributed by atoms with van der Waals surface area (Å²) < 4.78 is 0. The summed E-state index contributed by atoms with van der Waals surface area (Å²) in [5.74, 6) is -0.171. The van der Waals surface area contributed by atoms with Crippen molar-refractivity contribution in [1.29, 1.82) is 0 Å². The van der Waals surface area contributed by atoms with Gasteiger partial charge >= 0.3 is 0 Å². The summed E-state index contributed by atoms with van der Waals surface area (Å²) in [6.07, 6.45) is 4.56. The molecule has 0 bridgehead atoms. The van der Waals surface area contributed by atoms with Crippen LogP contribution in [0.5, 0.6) is 0 Å². The predicted octanol–water partition coefficient (Wildman–Crippen LogP) is 3.09. The van der Waals surface area contributed by atoms with Crippen LogP contribution in [0.25, 0.3) is 6.08 Å². The minimum atomic E-state index is -0.458. The zero-order valence-corrected chi connectivity index (χ0v) is 15.4. The van der Waals surface area contributed by atoms with Crippen molar-refractivity contribution in [2.75, 3.05) is 13.1 Å². The molecule has 1 aromatic carbocycles. The second kappa shape index (κ2) is 8.59. The number of thiophene rings is 1. The van der Waals surface area contributed by atoms with Gasteiger partial charge in [0, 0.05) is 48.3 Å². The molecule has 1 N–H and O–H groups in total. The first-order valence-electron chi connectivity index (χ1n) is 8.57. The van der Waals surface area contributed by atoms with E-state index >= 15 is 0 Å². The van der Waals surface area contributed by atoms with E-state index in [9.17, 15) is 19.7 Å².